The van der Waals surface area contributed by atoms with Gasteiger partial charge in [0.15, 0.2) is 11.5 Å². The molecule has 0 radical (unpaired) electrons. The van der Waals surface area contributed by atoms with E-state index in [9.17, 15) is 5.11 Å². The third kappa shape index (κ3) is 3.11. The summed E-state index contributed by atoms with van der Waals surface area (Å²) in [6, 6.07) is 5.50. The SMILES string of the molecule is OCCCC(O)c1ccc2c(c1)OCCCO2. The first-order valence-corrected chi connectivity index (χ1v) is 5.99. The van der Waals surface area contributed by atoms with E-state index in [0.29, 0.717) is 31.8 Å². The lowest BCUT2D eigenvalue weighted by atomic mass is 10.0. The number of hydrogen-bond acceptors (Lipinski definition) is 4. The molecule has 0 saturated carbocycles. The van der Waals surface area contributed by atoms with Gasteiger partial charge in [-0.15, -0.1) is 0 Å². The molecule has 0 bridgehead atoms. The summed E-state index contributed by atoms with van der Waals surface area (Å²) in [6.07, 6.45) is 1.46. The second kappa shape index (κ2) is 5.89. The van der Waals surface area contributed by atoms with Crippen molar-refractivity contribution >= 4 is 0 Å². The molecule has 1 aromatic carbocycles. The van der Waals surface area contributed by atoms with E-state index >= 15 is 0 Å². The van der Waals surface area contributed by atoms with Gasteiger partial charge in [-0.25, -0.2) is 0 Å². The van der Waals surface area contributed by atoms with E-state index in [1.807, 2.05) is 18.2 Å². The van der Waals surface area contributed by atoms with Crippen LogP contribution in [-0.4, -0.2) is 30.0 Å². The molecule has 0 saturated heterocycles. The van der Waals surface area contributed by atoms with Crippen LogP contribution < -0.4 is 9.47 Å². The fourth-order valence-corrected chi connectivity index (χ4v) is 1.84. The van der Waals surface area contributed by atoms with Gasteiger partial charge in [0, 0.05) is 13.0 Å². The largest absolute Gasteiger partial charge is 0.490 e. The first-order chi connectivity index (χ1) is 8.31. The summed E-state index contributed by atoms with van der Waals surface area (Å²) >= 11 is 0. The highest BCUT2D eigenvalue weighted by Gasteiger charge is 2.14. The van der Waals surface area contributed by atoms with Crippen LogP contribution in [0, 0.1) is 0 Å². The Kier molecular flexibility index (Phi) is 4.23. The minimum Gasteiger partial charge on any atom is -0.490 e. The molecule has 1 atom stereocenters. The Bertz CT molecular complexity index is 364. The van der Waals surface area contributed by atoms with Crippen LogP contribution in [0.15, 0.2) is 18.2 Å². The van der Waals surface area contributed by atoms with Gasteiger partial charge in [0.2, 0.25) is 0 Å². The van der Waals surface area contributed by atoms with Crippen molar-refractivity contribution in [3.63, 3.8) is 0 Å². The standard InChI is InChI=1S/C13H18O4/c14-6-1-3-11(15)10-4-5-12-13(9-10)17-8-2-7-16-12/h4-5,9,11,14-15H,1-3,6-8H2. The highest BCUT2D eigenvalue weighted by Crippen LogP contribution is 2.33. The van der Waals surface area contributed by atoms with Gasteiger partial charge < -0.3 is 19.7 Å². The zero-order valence-corrected chi connectivity index (χ0v) is 9.76. The van der Waals surface area contributed by atoms with Gasteiger partial charge in [-0.1, -0.05) is 6.07 Å². The minimum atomic E-state index is -0.556. The zero-order chi connectivity index (χ0) is 12.1. The van der Waals surface area contributed by atoms with E-state index in [0.717, 1.165) is 17.7 Å². The van der Waals surface area contributed by atoms with Crippen molar-refractivity contribution < 1.29 is 19.7 Å². The molecule has 1 aromatic rings. The molecule has 1 heterocycles. The van der Waals surface area contributed by atoms with Gasteiger partial charge in [-0.2, -0.15) is 0 Å². The summed E-state index contributed by atoms with van der Waals surface area (Å²) in [5.74, 6) is 1.43. The van der Waals surface area contributed by atoms with Crippen molar-refractivity contribution in [2.45, 2.75) is 25.4 Å². The van der Waals surface area contributed by atoms with Crippen molar-refractivity contribution in [3.05, 3.63) is 23.8 Å². The third-order valence-electron chi connectivity index (χ3n) is 2.79. The fourth-order valence-electron chi connectivity index (χ4n) is 1.84. The van der Waals surface area contributed by atoms with Crippen LogP contribution in [0.25, 0.3) is 0 Å². The van der Waals surface area contributed by atoms with Gasteiger partial charge in [0.25, 0.3) is 0 Å². The van der Waals surface area contributed by atoms with E-state index in [4.69, 9.17) is 14.6 Å². The predicted molar refractivity (Wildman–Crippen MR) is 63.3 cm³/mol. The van der Waals surface area contributed by atoms with Gasteiger partial charge in [0.05, 0.1) is 19.3 Å². The molecule has 4 heteroatoms. The zero-order valence-electron chi connectivity index (χ0n) is 9.76. The number of ether oxygens (including phenoxy) is 2. The molecule has 1 unspecified atom stereocenters. The molecule has 0 fully saturated rings. The topological polar surface area (TPSA) is 58.9 Å². The second-order valence-corrected chi connectivity index (χ2v) is 4.14. The maximum atomic E-state index is 9.92. The molecule has 2 N–H and O–H groups in total. The Morgan fingerprint density at radius 3 is 2.71 bits per heavy atom. The molecule has 0 amide bonds. The highest BCUT2D eigenvalue weighted by molar-refractivity contribution is 5.44. The van der Waals surface area contributed by atoms with Crippen LogP contribution in [0.3, 0.4) is 0 Å². The van der Waals surface area contributed by atoms with E-state index in [1.165, 1.54) is 0 Å². The maximum absolute atomic E-state index is 9.92. The monoisotopic (exact) mass is 238 g/mol. The number of hydrogen-bond donors (Lipinski definition) is 2. The van der Waals surface area contributed by atoms with Crippen molar-refractivity contribution in [2.24, 2.45) is 0 Å². The van der Waals surface area contributed by atoms with Crippen molar-refractivity contribution in [2.75, 3.05) is 19.8 Å². The Morgan fingerprint density at radius 1 is 1.18 bits per heavy atom. The van der Waals surface area contributed by atoms with E-state index in [1.54, 1.807) is 0 Å². The Morgan fingerprint density at radius 2 is 1.94 bits per heavy atom. The molecule has 1 aliphatic rings. The summed E-state index contributed by atoms with van der Waals surface area (Å²) in [5.41, 5.74) is 0.808. The van der Waals surface area contributed by atoms with E-state index < -0.39 is 6.10 Å². The molecule has 0 aliphatic carbocycles. The average Bonchev–Trinajstić information content (AvgIpc) is 2.60. The number of aliphatic hydroxyl groups is 2. The molecule has 4 nitrogen and oxygen atoms in total. The predicted octanol–water partition coefficient (Wildman–Crippen LogP) is 1.65. The van der Waals surface area contributed by atoms with Crippen molar-refractivity contribution in [1.82, 2.24) is 0 Å². The molecule has 94 valence electrons. The summed E-state index contributed by atoms with van der Waals surface area (Å²) < 4.78 is 11.1. The van der Waals surface area contributed by atoms with Crippen LogP contribution >= 0.6 is 0 Å². The van der Waals surface area contributed by atoms with Gasteiger partial charge in [0.1, 0.15) is 0 Å². The lowest BCUT2D eigenvalue weighted by molar-refractivity contribution is 0.151. The molecule has 0 aromatic heterocycles. The lowest BCUT2D eigenvalue weighted by Gasteiger charge is -2.13. The summed E-state index contributed by atoms with van der Waals surface area (Å²) in [4.78, 5) is 0. The number of benzene rings is 1. The second-order valence-electron chi connectivity index (χ2n) is 4.14. The fraction of sp³-hybridized carbons (Fsp3) is 0.538. The van der Waals surface area contributed by atoms with Crippen LogP contribution in [0.1, 0.15) is 30.9 Å². The summed E-state index contributed by atoms with van der Waals surface area (Å²) in [6.45, 7) is 1.41. The molecule has 1 aliphatic heterocycles. The third-order valence-corrected chi connectivity index (χ3v) is 2.79. The van der Waals surface area contributed by atoms with E-state index in [2.05, 4.69) is 0 Å². The van der Waals surface area contributed by atoms with Crippen LogP contribution in [-0.2, 0) is 0 Å². The summed E-state index contributed by atoms with van der Waals surface area (Å²) in [7, 11) is 0. The highest BCUT2D eigenvalue weighted by atomic mass is 16.5. The minimum absolute atomic E-state index is 0.0988. The Balaban J connectivity index is 2.11. The van der Waals surface area contributed by atoms with Gasteiger partial charge >= 0.3 is 0 Å². The van der Waals surface area contributed by atoms with Gasteiger partial charge in [-0.3, -0.25) is 0 Å². The molecule has 17 heavy (non-hydrogen) atoms. The van der Waals surface area contributed by atoms with Crippen molar-refractivity contribution in [1.29, 1.82) is 0 Å². The molecular formula is C13H18O4. The molecular weight excluding hydrogens is 220 g/mol. The normalized spacial score (nSPS) is 16.4. The number of rotatable bonds is 4. The molecule has 0 spiro atoms. The first kappa shape index (κ1) is 12.2. The lowest BCUT2D eigenvalue weighted by Crippen LogP contribution is -2.00. The number of fused-ring (bicyclic) bond motifs is 1. The smallest absolute Gasteiger partial charge is 0.161 e. The van der Waals surface area contributed by atoms with E-state index in [-0.39, 0.29) is 6.61 Å². The van der Waals surface area contributed by atoms with Gasteiger partial charge in [-0.05, 0) is 30.5 Å². The quantitative estimate of drug-likeness (QED) is 0.837. The summed E-state index contributed by atoms with van der Waals surface area (Å²) in [5, 5.41) is 18.7. The molecule has 2 rings (SSSR count). The Labute approximate surface area is 101 Å². The Hall–Kier alpha value is -1.26. The number of aliphatic hydroxyl groups excluding tert-OH is 2. The van der Waals surface area contributed by atoms with Crippen LogP contribution in [0.5, 0.6) is 11.5 Å². The average molecular weight is 238 g/mol. The van der Waals surface area contributed by atoms with Crippen molar-refractivity contribution in [3.8, 4) is 11.5 Å². The van der Waals surface area contributed by atoms with Crippen LogP contribution in [0.4, 0.5) is 0 Å². The maximum Gasteiger partial charge on any atom is 0.161 e. The first-order valence-electron chi connectivity index (χ1n) is 5.99. The van der Waals surface area contributed by atoms with Crippen LogP contribution in [0.2, 0.25) is 0 Å².